The topological polar surface area (TPSA) is 50.8 Å². The third kappa shape index (κ3) is 3.23. The zero-order valence-electron chi connectivity index (χ0n) is 10.5. The number of ether oxygens (including phenoxy) is 1. The molecule has 0 saturated heterocycles. The minimum Gasteiger partial charge on any atom is -0.483 e. The summed E-state index contributed by atoms with van der Waals surface area (Å²) >= 11 is 5.90. The van der Waals surface area contributed by atoms with Gasteiger partial charge in [-0.3, -0.25) is 5.10 Å². The molecule has 18 heavy (non-hydrogen) atoms. The molecule has 1 aromatic heterocycles. The number of benzene rings is 1. The molecule has 0 aliphatic heterocycles. The molecule has 1 heterocycles. The van der Waals surface area contributed by atoms with E-state index in [-0.39, 0.29) is 6.10 Å². The van der Waals surface area contributed by atoms with Crippen LogP contribution >= 0.6 is 11.6 Å². The van der Waals surface area contributed by atoms with Crippen LogP contribution in [-0.2, 0) is 6.42 Å². The average Bonchev–Trinajstić information content (AvgIpc) is 2.78. The van der Waals surface area contributed by atoms with Crippen LogP contribution in [-0.4, -0.2) is 15.2 Å². The van der Waals surface area contributed by atoms with Crippen LogP contribution in [0.1, 0.15) is 38.0 Å². The fraction of sp³-hybridized carbons (Fsp3) is 0.385. The number of aromatic amines is 1. The smallest absolute Gasteiger partial charge is 0.191 e. The Kier molecular flexibility index (Phi) is 4.20. The molecular formula is C13H16ClN3O. The van der Waals surface area contributed by atoms with Gasteiger partial charge in [0.05, 0.1) is 0 Å². The molecule has 0 aliphatic carbocycles. The van der Waals surface area contributed by atoms with E-state index in [2.05, 4.69) is 22.1 Å². The highest BCUT2D eigenvalue weighted by Crippen LogP contribution is 2.22. The molecule has 0 amide bonds. The second-order valence-electron chi connectivity index (χ2n) is 4.11. The Hall–Kier alpha value is -1.55. The molecule has 4 nitrogen and oxygen atoms in total. The zero-order chi connectivity index (χ0) is 13.0. The summed E-state index contributed by atoms with van der Waals surface area (Å²) in [7, 11) is 0. The predicted molar refractivity (Wildman–Crippen MR) is 70.9 cm³/mol. The van der Waals surface area contributed by atoms with Crippen molar-refractivity contribution in [1.29, 1.82) is 0 Å². The fourth-order valence-corrected chi connectivity index (χ4v) is 1.82. The zero-order valence-corrected chi connectivity index (χ0v) is 11.2. The van der Waals surface area contributed by atoms with E-state index in [9.17, 15) is 0 Å². The lowest BCUT2D eigenvalue weighted by atomic mass is 10.3. The van der Waals surface area contributed by atoms with Gasteiger partial charge in [0.15, 0.2) is 11.9 Å². The highest BCUT2D eigenvalue weighted by Gasteiger charge is 2.13. The molecule has 1 unspecified atom stereocenters. The molecule has 0 bridgehead atoms. The summed E-state index contributed by atoms with van der Waals surface area (Å²) in [5.41, 5.74) is 0. The second-order valence-corrected chi connectivity index (χ2v) is 4.54. The molecule has 96 valence electrons. The Bertz CT molecular complexity index is 512. The number of aromatic nitrogens is 3. The number of nitrogens with one attached hydrogen (secondary N) is 1. The van der Waals surface area contributed by atoms with Crippen LogP contribution in [0.5, 0.6) is 5.75 Å². The van der Waals surface area contributed by atoms with Crippen LogP contribution < -0.4 is 4.74 Å². The maximum atomic E-state index is 5.90. The van der Waals surface area contributed by atoms with Crippen molar-refractivity contribution in [3.8, 4) is 5.75 Å². The van der Waals surface area contributed by atoms with Gasteiger partial charge in [-0.05, 0) is 31.5 Å². The summed E-state index contributed by atoms with van der Waals surface area (Å²) in [4.78, 5) is 4.39. The lowest BCUT2D eigenvalue weighted by Crippen LogP contribution is -2.05. The first kappa shape index (κ1) is 12.9. The Balaban J connectivity index is 2.04. The van der Waals surface area contributed by atoms with Gasteiger partial charge < -0.3 is 4.74 Å². The van der Waals surface area contributed by atoms with Crippen molar-refractivity contribution in [3.63, 3.8) is 0 Å². The summed E-state index contributed by atoms with van der Waals surface area (Å²) < 4.78 is 5.74. The van der Waals surface area contributed by atoms with Crippen molar-refractivity contribution in [2.45, 2.75) is 32.8 Å². The van der Waals surface area contributed by atoms with Crippen LogP contribution in [0.3, 0.4) is 0 Å². The van der Waals surface area contributed by atoms with Crippen LogP contribution in [0.4, 0.5) is 0 Å². The van der Waals surface area contributed by atoms with Gasteiger partial charge in [0.2, 0.25) is 0 Å². The summed E-state index contributed by atoms with van der Waals surface area (Å²) in [6.07, 6.45) is 1.74. The van der Waals surface area contributed by atoms with Gasteiger partial charge in [0.1, 0.15) is 11.6 Å². The van der Waals surface area contributed by atoms with Gasteiger partial charge in [0, 0.05) is 11.4 Å². The Labute approximate surface area is 111 Å². The standard InChI is InChI=1S/C13H16ClN3O/c1-3-5-12-15-13(17-16-12)9(2)18-11-7-4-6-10(14)8-11/h4,6-9H,3,5H2,1-2H3,(H,15,16,17). The number of aryl methyl sites for hydroxylation is 1. The van der Waals surface area contributed by atoms with Gasteiger partial charge in [-0.2, -0.15) is 5.10 Å². The van der Waals surface area contributed by atoms with E-state index in [4.69, 9.17) is 16.3 Å². The summed E-state index contributed by atoms with van der Waals surface area (Å²) in [5.74, 6) is 2.28. The lowest BCUT2D eigenvalue weighted by molar-refractivity contribution is 0.217. The maximum Gasteiger partial charge on any atom is 0.191 e. The highest BCUT2D eigenvalue weighted by atomic mass is 35.5. The van der Waals surface area contributed by atoms with Gasteiger partial charge in [0.25, 0.3) is 0 Å². The molecule has 2 aromatic rings. The molecular weight excluding hydrogens is 250 g/mol. The van der Waals surface area contributed by atoms with Crippen LogP contribution in [0.2, 0.25) is 5.02 Å². The van der Waals surface area contributed by atoms with Crippen molar-refractivity contribution in [2.24, 2.45) is 0 Å². The molecule has 0 aliphatic rings. The van der Waals surface area contributed by atoms with Gasteiger partial charge in [-0.15, -0.1) is 0 Å². The number of nitrogens with zero attached hydrogens (tertiary/aromatic N) is 2. The molecule has 0 radical (unpaired) electrons. The third-order valence-electron chi connectivity index (χ3n) is 2.51. The van der Waals surface area contributed by atoms with E-state index >= 15 is 0 Å². The Morgan fingerprint density at radius 3 is 3.00 bits per heavy atom. The molecule has 1 aromatic carbocycles. The monoisotopic (exact) mass is 265 g/mol. The van der Waals surface area contributed by atoms with E-state index in [1.165, 1.54) is 0 Å². The lowest BCUT2D eigenvalue weighted by Gasteiger charge is -2.11. The normalized spacial score (nSPS) is 12.4. The number of hydrogen-bond donors (Lipinski definition) is 1. The van der Waals surface area contributed by atoms with Crippen LogP contribution in [0.25, 0.3) is 0 Å². The minimum atomic E-state index is -0.203. The number of H-pyrrole nitrogens is 1. The van der Waals surface area contributed by atoms with Crippen molar-refractivity contribution < 1.29 is 4.74 Å². The van der Waals surface area contributed by atoms with Crippen molar-refractivity contribution >= 4 is 11.6 Å². The quantitative estimate of drug-likeness (QED) is 0.899. The van der Waals surface area contributed by atoms with Crippen molar-refractivity contribution in [2.75, 3.05) is 0 Å². The van der Waals surface area contributed by atoms with E-state index in [1.54, 1.807) is 6.07 Å². The molecule has 0 spiro atoms. The van der Waals surface area contributed by atoms with Crippen molar-refractivity contribution in [3.05, 3.63) is 40.9 Å². The first-order valence-electron chi connectivity index (χ1n) is 6.02. The molecule has 5 heteroatoms. The fourth-order valence-electron chi connectivity index (χ4n) is 1.64. The van der Waals surface area contributed by atoms with Gasteiger partial charge >= 0.3 is 0 Å². The number of rotatable bonds is 5. The molecule has 1 N–H and O–H groups in total. The first-order valence-corrected chi connectivity index (χ1v) is 6.40. The number of halogens is 1. The summed E-state index contributed by atoms with van der Waals surface area (Å²) in [6.45, 7) is 4.02. The number of hydrogen-bond acceptors (Lipinski definition) is 3. The summed E-state index contributed by atoms with van der Waals surface area (Å²) in [6, 6.07) is 7.30. The van der Waals surface area contributed by atoms with Gasteiger partial charge in [-0.1, -0.05) is 24.6 Å². The molecule has 0 fully saturated rings. The Morgan fingerprint density at radius 2 is 2.28 bits per heavy atom. The summed E-state index contributed by atoms with van der Waals surface area (Å²) in [5, 5.41) is 7.73. The third-order valence-corrected chi connectivity index (χ3v) is 2.74. The molecule has 0 saturated carbocycles. The van der Waals surface area contributed by atoms with Crippen LogP contribution in [0, 0.1) is 0 Å². The molecule has 2 rings (SSSR count). The van der Waals surface area contributed by atoms with Crippen LogP contribution in [0.15, 0.2) is 24.3 Å². The predicted octanol–water partition coefficient (Wildman–Crippen LogP) is 3.55. The second kappa shape index (κ2) is 5.87. The SMILES string of the molecule is CCCc1nc(C(C)Oc2cccc(Cl)c2)n[nH]1. The van der Waals surface area contributed by atoms with E-state index in [0.29, 0.717) is 10.8 Å². The van der Waals surface area contributed by atoms with E-state index in [0.717, 1.165) is 24.4 Å². The van der Waals surface area contributed by atoms with Crippen molar-refractivity contribution in [1.82, 2.24) is 15.2 Å². The van der Waals surface area contributed by atoms with Gasteiger partial charge in [-0.25, -0.2) is 4.98 Å². The van der Waals surface area contributed by atoms with E-state index < -0.39 is 0 Å². The Morgan fingerprint density at radius 1 is 1.44 bits per heavy atom. The van der Waals surface area contributed by atoms with E-state index in [1.807, 2.05) is 25.1 Å². The maximum absolute atomic E-state index is 5.90. The highest BCUT2D eigenvalue weighted by molar-refractivity contribution is 6.30. The minimum absolute atomic E-state index is 0.203. The average molecular weight is 266 g/mol. The molecule has 1 atom stereocenters. The largest absolute Gasteiger partial charge is 0.483 e. The first-order chi connectivity index (χ1) is 8.69.